The summed E-state index contributed by atoms with van der Waals surface area (Å²) >= 11 is 0. The van der Waals surface area contributed by atoms with Crippen molar-refractivity contribution in [3.63, 3.8) is 0 Å². The minimum Gasteiger partial charge on any atom is -0.494 e. The number of nitrogens with zero attached hydrogens (tertiary/aromatic N) is 2. The van der Waals surface area contributed by atoms with Crippen molar-refractivity contribution in [2.24, 2.45) is 0 Å². The number of benzene rings is 1. The van der Waals surface area contributed by atoms with E-state index in [9.17, 15) is 0 Å². The molecular weight excluding hydrogens is 328 g/mol. The third-order valence-corrected chi connectivity index (χ3v) is 4.77. The van der Waals surface area contributed by atoms with Crippen molar-refractivity contribution in [2.75, 3.05) is 13.2 Å². The number of hydrogen-bond donors (Lipinski definition) is 0. The number of aryl methyl sites for hydroxylation is 1. The fraction of sp³-hybridized carbons (Fsp3) is 0.571. The highest BCUT2D eigenvalue weighted by molar-refractivity contribution is 5.27. The molecule has 2 aromatic rings. The Morgan fingerprint density at radius 1 is 1.31 bits per heavy atom. The monoisotopic (exact) mass is 358 g/mol. The van der Waals surface area contributed by atoms with Gasteiger partial charge in [0.1, 0.15) is 5.75 Å². The second-order valence-corrected chi connectivity index (χ2v) is 7.06. The highest BCUT2D eigenvalue weighted by atomic mass is 16.7. The summed E-state index contributed by atoms with van der Waals surface area (Å²) in [6.07, 6.45) is 10.7. The van der Waals surface area contributed by atoms with Crippen LogP contribution < -0.4 is 4.74 Å². The minimum absolute atomic E-state index is 0.210. The fourth-order valence-corrected chi connectivity index (χ4v) is 3.24. The topological polar surface area (TPSA) is 45.5 Å². The van der Waals surface area contributed by atoms with E-state index < -0.39 is 5.79 Å². The van der Waals surface area contributed by atoms with Crippen molar-refractivity contribution in [1.29, 1.82) is 0 Å². The van der Waals surface area contributed by atoms with Crippen LogP contribution >= 0.6 is 0 Å². The van der Waals surface area contributed by atoms with Crippen molar-refractivity contribution >= 4 is 0 Å². The maximum atomic E-state index is 6.26. The first-order valence-electron chi connectivity index (χ1n) is 9.68. The molecule has 142 valence electrons. The molecule has 2 unspecified atom stereocenters. The van der Waals surface area contributed by atoms with Gasteiger partial charge >= 0.3 is 0 Å². The summed E-state index contributed by atoms with van der Waals surface area (Å²) in [4.78, 5) is 4.13. The molecule has 5 nitrogen and oxygen atoms in total. The van der Waals surface area contributed by atoms with Crippen molar-refractivity contribution < 1.29 is 14.2 Å². The standard InChI is InChI=1S/C21H30N2O3/c1-3-4-14-24-20-7-5-19(6-8-20)9-11-21(16-23-13-12-22-17-23)25-15-10-18(2)26-21/h5-8,12-13,17-18H,3-4,9-11,14-16H2,1-2H3. The number of aromatic nitrogens is 2. The van der Waals surface area contributed by atoms with Crippen LogP contribution in [0.2, 0.25) is 0 Å². The predicted octanol–water partition coefficient (Wildman–Crippen LogP) is 4.22. The second kappa shape index (κ2) is 9.19. The van der Waals surface area contributed by atoms with Crippen LogP contribution in [0, 0.1) is 0 Å². The SMILES string of the molecule is CCCCOc1ccc(CCC2(Cn3ccnc3)OCCC(C)O2)cc1. The molecule has 1 saturated heterocycles. The molecule has 2 heterocycles. The van der Waals surface area contributed by atoms with Crippen LogP contribution in [0.1, 0.15) is 45.1 Å². The Morgan fingerprint density at radius 3 is 2.85 bits per heavy atom. The molecule has 0 N–H and O–H groups in total. The Hall–Kier alpha value is -1.85. The van der Waals surface area contributed by atoms with E-state index in [1.807, 2.05) is 17.1 Å². The van der Waals surface area contributed by atoms with Crippen molar-refractivity contribution in [3.8, 4) is 5.75 Å². The first kappa shape index (κ1) is 18.9. The van der Waals surface area contributed by atoms with Gasteiger partial charge in [-0.3, -0.25) is 0 Å². The Labute approximate surface area is 156 Å². The van der Waals surface area contributed by atoms with Gasteiger partial charge in [-0.15, -0.1) is 0 Å². The third-order valence-electron chi connectivity index (χ3n) is 4.77. The fourth-order valence-electron chi connectivity index (χ4n) is 3.24. The molecule has 1 aliphatic rings. The van der Waals surface area contributed by atoms with Crippen molar-refractivity contribution in [3.05, 3.63) is 48.5 Å². The molecule has 0 saturated carbocycles. The number of imidazole rings is 1. The van der Waals surface area contributed by atoms with Gasteiger partial charge in [-0.25, -0.2) is 4.98 Å². The summed E-state index contributed by atoms with van der Waals surface area (Å²) in [5, 5.41) is 0. The lowest BCUT2D eigenvalue weighted by Crippen LogP contribution is -2.47. The van der Waals surface area contributed by atoms with Crippen molar-refractivity contribution in [1.82, 2.24) is 9.55 Å². The molecule has 0 spiro atoms. The molecule has 0 amide bonds. The van der Waals surface area contributed by atoms with Gasteiger partial charge in [-0.2, -0.15) is 0 Å². The molecule has 1 aliphatic heterocycles. The molecule has 3 rings (SSSR count). The summed E-state index contributed by atoms with van der Waals surface area (Å²) in [7, 11) is 0. The smallest absolute Gasteiger partial charge is 0.186 e. The Balaban J connectivity index is 1.60. The number of rotatable bonds is 9. The largest absolute Gasteiger partial charge is 0.494 e. The van der Waals surface area contributed by atoms with Crippen LogP contribution in [-0.4, -0.2) is 34.7 Å². The van der Waals surface area contributed by atoms with E-state index in [2.05, 4.69) is 43.1 Å². The summed E-state index contributed by atoms with van der Waals surface area (Å²) < 4.78 is 20.2. The second-order valence-electron chi connectivity index (χ2n) is 7.06. The first-order valence-corrected chi connectivity index (χ1v) is 9.68. The Kier molecular flexibility index (Phi) is 6.69. The number of ether oxygens (including phenoxy) is 3. The lowest BCUT2D eigenvalue weighted by Gasteiger charge is -2.40. The van der Waals surface area contributed by atoms with E-state index >= 15 is 0 Å². The maximum absolute atomic E-state index is 6.26. The van der Waals surface area contributed by atoms with E-state index in [1.54, 1.807) is 6.20 Å². The van der Waals surface area contributed by atoms with Gasteiger partial charge in [-0.05, 0) is 43.9 Å². The molecule has 5 heteroatoms. The normalized spacial score (nSPS) is 23.1. The molecule has 0 bridgehead atoms. The van der Waals surface area contributed by atoms with E-state index in [0.717, 1.165) is 51.1 Å². The minimum atomic E-state index is -0.589. The van der Waals surface area contributed by atoms with Gasteiger partial charge in [0.15, 0.2) is 5.79 Å². The van der Waals surface area contributed by atoms with Crippen LogP contribution in [0.3, 0.4) is 0 Å². The van der Waals surface area contributed by atoms with E-state index in [4.69, 9.17) is 14.2 Å². The van der Waals surface area contributed by atoms with Crippen LogP contribution in [-0.2, 0) is 22.4 Å². The third kappa shape index (κ3) is 5.32. The lowest BCUT2D eigenvalue weighted by atomic mass is 10.0. The zero-order valence-corrected chi connectivity index (χ0v) is 15.9. The molecule has 2 atom stereocenters. The Bertz CT molecular complexity index is 642. The molecule has 1 fully saturated rings. The van der Waals surface area contributed by atoms with Gasteiger partial charge in [0.25, 0.3) is 0 Å². The molecule has 1 aromatic carbocycles. The summed E-state index contributed by atoms with van der Waals surface area (Å²) in [5.41, 5.74) is 1.27. The molecular formula is C21H30N2O3. The van der Waals surface area contributed by atoms with Crippen molar-refractivity contribution in [2.45, 2.75) is 64.4 Å². The predicted molar refractivity (Wildman–Crippen MR) is 101 cm³/mol. The van der Waals surface area contributed by atoms with E-state index in [0.29, 0.717) is 6.54 Å². The zero-order valence-electron chi connectivity index (χ0n) is 15.9. The molecule has 0 radical (unpaired) electrons. The van der Waals surface area contributed by atoms with E-state index in [-0.39, 0.29) is 6.10 Å². The lowest BCUT2D eigenvalue weighted by molar-refractivity contribution is -0.298. The van der Waals surface area contributed by atoms with Crippen LogP contribution in [0.15, 0.2) is 43.0 Å². The quantitative estimate of drug-likeness (QED) is 0.630. The average Bonchev–Trinajstić information content (AvgIpc) is 3.14. The maximum Gasteiger partial charge on any atom is 0.186 e. The highest BCUT2D eigenvalue weighted by Gasteiger charge is 2.37. The number of hydrogen-bond acceptors (Lipinski definition) is 4. The van der Waals surface area contributed by atoms with Gasteiger partial charge in [0.05, 0.1) is 32.2 Å². The summed E-state index contributed by atoms with van der Waals surface area (Å²) in [6, 6.07) is 8.38. The van der Waals surface area contributed by atoms with E-state index in [1.165, 1.54) is 5.56 Å². The van der Waals surface area contributed by atoms with Gasteiger partial charge < -0.3 is 18.8 Å². The molecule has 26 heavy (non-hydrogen) atoms. The average molecular weight is 358 g/mol. The Morgan fingerprint density at radius 2 is 2.15 bits per heavy atom. The highest BCUT2D eigenvalue weighted by Crippen LogP contribution is 2.30. The van der Waals surface area contributed by atoms with Crippen LogP contribution in [0.25, 0.3) is 0 Å². The zero-order chi connectivity index (χ0) is 18.2. The summed E-state index contributed by atoms with van der Waals surface area (Å²) in [6.45, 7) is 6.47. The van der Waals surface area contributed by atoms with Crippen LogP contribution in [0.5, 0.6) is 5.75 Å². The first-order chi connectivity index (χ1) is 12.7. The van der Waals surface area contributed by atoms with Gasteiger partial charge in [0, 0.05) is 18.8 Å². The van der Waals surface area contributed by atoms with Crippen LogP contribution in [0.4, 0.5) is 0 Å². The van der Waals surface area contributed by atoms with Gasteiger partial charge in [-0.1, -0.05) is 25.5 Å². The summed E-state index contributed by atoms with van der Waals surface area (Å²) in [5.74, 6) is 0.350. The molecule has 0 aliphatic carbocycles. The number of unbranched alkanes of at least 4 members (excludes halogenated alkanes) is 1. The molecule has 1 aromatic heterocycles. The van der Waals surface area contributed by atoms with Gasteiger partial charge in [0.2, 0.25) is 0 Å².